The Labute approximate surface area is 87.8 Å². The van der Waals surface area contributed by atoms with Gasteiger partial charge in [-0.1, -0.05) is 6.92 Å². The third-order valence-corrected chi connectivity index (χ3v) is 2.59. The van der Waals surface area contributed by atoms with Crippen LogP contribution in [0.5, 0.6) is 0 Å². The third-order valence-electron chi connectivity index (χ3n) is 2.59. The van der Waals surface area contributed by atoms with Crippen molar-refractivity contribution in [1.82, 2.24) is 10.2 Å². The van der Waals surface area contributed by atoms with E-state index >= 15 is 0 Å². The molecule has 0 amide bonds. The summed E-state index contributed by atoms with van der Waals surface area (Å²) in [5.41, 5.74) is 0. The highest BCUT2D eigenvalue weighted by Gasteiger charge is 2.11. The summed E-state index contributed by atoms with van der Waals surface area (Å²) in [4.78, 5) is 2.50. The molecule has 1 N–H and O–H groups in total. The van der Waals surface area contributed by atoms with E-state index in [0.717, 1.165) is 32.8 Å². The van der Waals surface area contributed by atoms with Crippen LogP contribution in [0, 0.1) is 0 Å². The van der Waals surface area contributed by atoms with Gasteiger partial charge in [-0.2, -0.15) is 0 Å². The molecular formula is C11H24N2O. The predicted molar refractivity (Wildman–Crippen MR) is 59.6 cm³/mol. The van der Waals surface area contributed by atoms with Gasteiger partial charge in [0.15, 0.2) is 0 Å². The monoisotopic (exact) mass is 200 g/mol. The highest BCUT2D eigenvalue weighted by atomic mass is 16.5. The molecule has 0 aromatic carbocycles. The lowest BCUT2D eigenvalue weighted by molar-refractivity contribution is 0.140. The highest BCUT2D eigenvalue weighted by Crippen LogP contribution is 2.00. The number of rotatable bonds is 5. The quantitative estimate of drug-likeness (QED) is 0.719. The van der Waals surface area contributed by atoms with Crippen molar-refractivity contribution in [3.63, 3.8) is 0 Å². The van der Waals surface area contributed by atoms with E-state index in [4.69, 9.17) is 4.74 Å². The molecule has 1 fully saturated rings. The Morgan fingerprint density at radius 1 is 1.36 bits per heavy atom. The summed E-state index contributed by atoms with van der Waals surface area (Å²) in [6, 6.07) is 0.605. The van der Waals surface area contributed by atoms with Crippen LogP contribution in [-0.2, 0) is 4.74 Å². The van der Waals surface area contributed by atoms with Gasteiger partial charge in [0.25, 0.3) is 0 Å². The number of hydrogen-bond donors (Lipinski definition) is 1. The first-order chi connectivity index (χ1) is 6.83. The van der Waals surface area contributed by atoms with E-state index in [1.807, 2.05) is 0 Å². The van der Waals surface area contributed by atoms with Crippen molar-refractivity contribution in [2.24, 2.45) is 0 Å². The first kappa shape index (κ1) is 12.0. The molecule has 3 heteroatoms. The second-order valence-corrected chi connectivity index (χ2v) is 4.12. The van der Waals surface area contributed by atoms with Gasteiger partial charge < -0.3 is 10.1 Å². The Morgan fingerprint density at radius 3 is 3.00 bits per heavy atom. The first-order valence-corrected chi connectivity index (χ1v) is 5.86. The van der Waals surface area contributed by atoms with Gasteiger partial charge in [-0.05, 0) is 26.3 Å². The Balaban J connectivity index is 2.13. The summed E-state index contributed by atoms with van der Waals surface area (Å²) >= 11 is 0. The normalized spacial score (nSPS) is 21.9. The van der Waals surface area contributed by atoms with E-state index in [1.165, 1.54) is 19.4 Å². The van der Waals surface area contributed by atoms with Crippen LogP contribution in [0.3, 0.4) is 0 Å². The van der Waals surface area contributed by atoms with Gasteiger partial charge in [0.2, 0.25) is 0 Å². The Bertz CT molecular complexity index is 133. The van der Waals surface area contributed by atoms with E-state index < -0.39 is 0 Å². The van der Waals surface area contributed by atoms with E-state index in [-0.39, 0.29) is 0 Å². The maximum atomic E-state index is 5.43. The molecule has 84 valence electrons. The molecule has 1 unspecified atom stereocenters. The average molecular weight is 200 g/mol. The summed E-state index contributed by atoms with van der Waals surface area (Å²) in [6.45, 7) is 10.9. The van der Waals surface area contributed by atoms with Gasteiger partial charge in [-0.15, -0.1) is 0 Å². The van der Waals surface area contributed by atoms with Gasteiger partial charge in [0, 0.05) is 32.3 Å². The van der Waals surface area contributed by atoms with Crippen molar-refractivity contribution in [3.05, 3.63) is 0 Å². The van der Waals surface area contributed by atoms with Gasteiger partial charge in [-0.25, -0.2) is 0 Å². The molecule has 0 saturated carbocycles. The molecule has 14 heavy (non-hydrogen) atoms. The SMILES string of the molecule is CCCNC(C)CN1CCCOCC1. The Morgan fingerprint density at radius 2 is 2.21 bits per heavy atom. The smallest absolute Gasteiger partial charge is 0.0593 e. The zero-order valence-corrected chi connectivity index (χ0v) is 9.59. The number of hydrogen-bond acceptors (Lipinski definition) is 3. The molecule has 1 saturated heterocycles. The Kier molecular flexibility index (Phi) is 6.15. The maximum Gasteiger partial charge on any atom is 0.0593 e. The zero-order chi connectivity index (χ0) is 10.2. The topological polar surface area (TPSA) is 24.5 Å². The molecule has 0 radical (unpaired) electrons. The minimum absolute atomic E-state index is 0.605. The summed E-state index contributed by atoms with van der Waals surface area (Å²) in [7, 11) is 0. The van der Waals surface area contributed by atoms with Gasteiger partial charge >= 0.3 is 0 Å². The van der Waals surface area contributed by atoms with Crippen molar-refractivity contribution in [2.45, 2.75) is 32.7 Å². The fourth-order valence-corrected chi connectivity index (χ4v) is 1.82. The van der Waals surface area contributed by atoms with Gasteiger partial charge in [0.1, 0.15) is 0 Å². The van der Waals surface area contributed by atoms with Crippen LogP contribution in [0.25, 0.3) is 0 Å². The summed E-state index contributed by atoms with van der Waals surface area (Å²) in [5.74, 6) is 0. The van der Waals surface area contributed by atoms with E-state index in [9.17, 15) is 0 Å². The van der Waals surface area contributed by atoms with Crippen molar-refractivity contribution < 1.29 is 4.74 Å². The van der Waals surface area contributed by atoms with Gasteiger partial charge in [-0.3, -0.25) is 4.90 Å². The van der Waals surface area contributed by atoms with Crippen LogP contribution >= 0.6 is 0 Å². The van der Waals surface area contributed by atoms with Crippen LogP contribution in [0.2, 0.25) is 0 Å². The minimum Gasteiger partial charge on any atom is -0.380 e. The largest absolute Gasteiger partial charge is 0.380 e. The second kappa shape index (κ2) is 7.21. The Hall–Kier alpha value is -0.120. The zero-order valence-electron chi connectivity index (χ0n) is 9.59. The third kappa shape index (κ3) is 4.94. The second-order valence-electron chi connectivity index (χ2n) is 4.12. The lowest BCUT2D eigenvalue weighted by Gasteiger charge is -2.23. The lowest BCUT2D eigenvalue weighted by atomic mass is 10.3. The van der Waals surface area contributed by atoms with E-state index in [1.54, 1.807) is 0 Å². The lowest BCUT2D eigenvalue weighted by Crippen LogP contribution is -2.40. The van der Waals surface area contributed by atoms with Gasteiger partial charge in [0.05, 0.1) is 6.61 Å². The molecule has 1 rings (SSSR count). The molecule has 1 aliphatic heterocycles. The molecular weight excluding hydrogens is 176 g/mol. The highest BCUT2D eigenvalue weighted by molar-refractivity contribution is 4.69. The molecule has 0 spiro atoms. The summed E-state index contributed by atoms with van der Waals surface area (Å²) < 4.78 is 5.43. The molecule has 1 aliphatic rings. The standard InChI is InChI=1S/C11H24N2O/c1-3-5-12-11(2)10-13-6-4-8-14-9-7-13/h11-12H,3-10H2,1-2H3. The van der Waals surface area contributed by atoms with E-state index in [2.05, 4.69) is 24.1 Å². The number of ether oxygens (including phenoxy) is 1. The number of nitrogens with zero attached hydrogens (tertiary/aromatic N) is 1. The van der Waals surface area contributed by atoms with Crippen molar-refractivity contribution in [3.8, 4) is 0 Å². The van der Waals surface area contributed by atoms with Crippen LogP contribution in [0.1, 0.15) is 26.7 Å². The summed E-state index contributed by atoms with van der Waals surface area (Å²) in [5, 5.41) is 3.52. The predicted octanol–water partition coefficient (Wildman–Crippen LogP) is 1.10. The molecule has 3 nitrogen and oxygen atoms in total. The average Bonchev–Trinajstić information content (AvgIpc) is 2.43. The van der Waals surface area contributed by atoms with Crippen LogP contribution < -0.4 is 5.32 Å². The number of nitrogens with one attached hydrogen (secondary N) is 1. The fraction of sp³-hybridized carbons (Fsp3) is 1.00. The maximum absolute atomic E-state index is 5.43. The molecule has 1 heterocycles. The van der Waals surface area contributed by atoms with Crippen molar-refractivity contribution in [1.29, 1.82) is 0 Å². The van der Waals surface area contributed by atoms with Crippen LogP contribution in [0.15, 0.2) is 0 Å². The van der Waals surface area contributed by atoms with Crippen molar-refractivity contribution in [2.75, 3.05) is 39.4 Å². The first-order valence-electron chi connectivity index (χ1n) is 5.86. The summed E-state index contributed by atoms with van der Waals surface area (Å²) in [6.07, 6.45) is 2.40. The molecule has 0 bridgehead atoms. The van der Waals surface area contributed by atoms with Crippen molar-refractivity contribution >= 4 is 0 Å². The van der Waals surface area contributed by atoms with Crippen LogP contribution in [-0.4, -0.2) is 50.3 Å². The fourth-order valence-electron chi connectivity index (χ4n) is 1.82. The minimum atomic E-state index is 0.605. The molecule has 0 aliphatic carbocycles. The molecule has 1 atom stereocenters. The molecule has 0 aromatic heterocycles. The van der Waals surface area contributed by atoms with E-state index in [0.29, 0.717) is 6.04 Å². The molecule has 0 aromatic rings. The van der Waals surface area contributed by atoms with Crippen LogP contribution in [0.4, 0.5) is 0 Å².